The molecule has 0 radical (unpaired) electrons. The highest BCUT2D eigenvalue weighted by Crippen LogP contribution is 2.27. The van der Waals surface area contributed by atoms with Gasteiger partial charge in [-0.15, -0.1) is 5.10 Å². The van der Waals surface area contributed by atoms with Crippen molar-refractivity contribution in [3.05, 3.63) is 34.1 Å². The van der Waals surface area contributed by atoms with Gasteiger partial charge in [-0.1, -0.05) is 5.10 Å². The summed E-state index contributed by atoms with van der Waals surface area (Å²) >= 11 is 2.79. The van der Waals surface area contributed by atoms with E-state index in [4.69, 9.17) is 4.42 Å². The molecule has 10 heteroatoms. The lowest BCUT2D eigenvalue weighted by atomic mass is 10.3. The van der Waals surface area contributed by atoms with E-state index in [0.717, 1.165) is 6.07 Å². The first-order valence-corrected chi connectivity index (χ1v) is 7.04. The molecule has 6 nitrogen and oxygen atoms in total. The number of aromatic nitrogens is 2. The van der Waals surface area contributed by atoms with E-state index in [-0.39, 0.29) is 10.4 Å². The van der Waals surface area contributed by atoms with Crippen molar-refractivity contribution in [2.75, 3.05) is 4.72 Å². The third kappa shape index (κ3) is 2.89. The topological polar surface area (TPSA) is 85.1 Å². The van der Waals surface area contributed by atoms with E-state index in [1.54, 1.807) is 0 Å². The van der Waals surface area contributed by atoms with Crippen LogP contribution in [0.5, 0.6) is 0 Å². The summed E-state index contributed by atoms with van der Waals surface area (Å²) in [5.74, 6) is -2.01. The fourth-order valence-corrected chi connectivity index (χ4v) is 3.38. The van der Waals surface area contributed by atoms with Gasteiger partial charge in [-0.05, 0) is 22.0 Å². The molecule has 1 heterocycles. The largest absolute Gasteiger partial charge is 0.408 e. The molecule has 19 heavy (non-hydrogen) atoms. The number of nitrogens with one attached hydrogen (secondary N) is 1. The van der Waals surface area contributed by atoms with E-state index in [1.165, 1.54) is 6.92 Å². The third-order valence-electron chi connectivity index (χ3n) is 1.98. The Morgan fingerprint density at radius 3 is 2.53 bits per heavy atom. The molecule has 1 aromatic heterocycles. The smallest absolute Gasteiger partial charge is 0.329 e. The lowest BCUT2D eigenvalue weighted by molar-refractivity contribution is 0.531. The van der Waals surface area contributed by atoms with Crippen LogP contribution in [0.3, 0.4) is 0 Å². The minimum atomic E-state index is -4.31. The van der Waals surface area contributed by atoms with E-state index >= 15 is 0 Å². The van der Waals surface area contributed by atoms with Crippen LogP contribution in [0, 0.1) is 18.6 Å². The van der Waals surface area contributed by atoms with Gasteiger partial charge < -0.3 is 4.42 Å². The number of aryl methyl sites for hydroxylation is 1. The first kappa shape index (κ1) is 13.9. The molecule has 0 saturated carbocycles. The van der Waals surface area contributed by atoms with Gasteiger partial charge in [0.15, 0.2) is 0 Å². The molecule has 0 saturated heterocycles. The van der Waals surface area contributed by atoms with Gasteiger partial charge in [0.25, 0.3) is 10.0 Å². The lowest BCUT2D eigenvalue weighted by Gasteiger charge is -2.07. The Hall–Kier alpha value is -1.55. The summed E-state index contributed by atoms with van der Waals surface area (Å²) in [7, 11) is -4.31. The molecular formula is C9H6BrF2N3O3S. The zero-order valence-electron chi connectivity index (χ0n) is 9.32. The monoisotopic (exact) mass is 353 g/mol. The molecule has 102 valence electrons. The fourth-order valence-electron chi connectivity index (χ4n) is 1.29. The molecule has 0 atom stereocenters. The summed E-state index contributed by atoms with van der Waals surface area (Å²) in [5, 5.41) is 6.83. The molecular weight excluding hydrogens is 348 g/mol. The second-order valence-electron chi connectivity index (χ2n) is 3.43. The van der Waals surface area contributed by atoms with Crippen molar-refractivity contribution in [1.29, 1.82) is 0 Å². The first-order chi connectivity index (χ1) is 8.79. The van der Waals surface area contributed by atoms with Gasteiger partial charge in [-0.25, -0.2) is 21.9 Å². The van der Waals surface area contributed by atoms with Crippen molar-refractivity contribution in [2.24, 2.45) is 0 Å². The van der Waals surface area contributed by atoms with Crippen molar-refractivity contribution in [2.45, 2.75) is 11.8 Å². The molecule has 0 bridgehead atoms. The summed E-state index contributed by atoms with van der Waals surface area (Å²) in [6.07, 6.45) is 0. The molecule has 2 aromatic rings. The second-order valence-corrected chi connectivity index (χ2v) is 5.90. The van der Waals surface area contributed by atoms with Gasteiger partial charge in [0, 0.05) is 17.5 Å². The van der Waals surface area contributed by atoms with Crippen LogP contribution >= 0.6 is 15.9 Å². The standard InChI is InChI=1S/C9H6BrF2N3O3S/c1-4-13-14-9(18-4)15-19(16,17)8-6(10)2-5(11)3-7(8)12/h2-3H,1H3,(H,14,15). The van der Waals surface area contributed by atoms with E-state index < -0.39 is 32.6 Å². The number of hydrogen-bond acceptors (Lipinski definition) is 5. The van der Waals surface area contributed by atoms with E-state index in [2.05, 4.69) is 26.1 Å². The van der Waals surface area contributed by atoms with Crippen LogP contribution < -0.4 is 4.72 Å². The maximum Gasteiger partial charge on any atom is 0.329 e. The molecule has 0 spiro atoms. The van der Waals surface area contributed by atoms with Gasteiger partial charge >= 0.3 is 6.01 Å². The molecule has 1 aromatic carbocycles. The highest BCUT2D eigenvalue weighted by molar-refractivity contribution is 9.10. The third-order valence-corrected chi connectivity index (χ3v) is 4.26. The number of sulfonamides is 1. The van der Waals surface area contributed by atoms with Crippen molar-refractivity contribution in [1.82, 2.24) is 10.2 Å². The summed E-state index contributed by atoms with van der Waals surface area (Å²) in [5.41, 5.74) is 0. The normalized spacial score (nSPS) is 11.6. The van der Waals surface area contributed by atoms with Gasteiger partial charge in [-0.3, -0.25) is 0 Å². The van der Waals surface area contributed by atoms with E-state index in [0.29, 0.717) is 6.07 Å². The van der Waals surface area contributed by atoms with Gasteiger partial charge in [-0.2, -0.15) is 0 Å². The number of rotatable bonds is 3. The molecule has 0 aliphatic rings. The maximum absolute atomic E-state index is 13.6. The Labute approximate surface area is 115 Å². The van der Waals surface area contributed by atoms with E-state index in [1.807, 2.05) is 4.72 Å². The van der Waals surface area contributed by atoms with Crippen LogP contribution in [0.1, 0.15) is 5.89 Å². The van der Waals surface area contributed by atoms with Gasteiger partial charge in [0.2, 0.25) is 5.89 Å². The Morgan fingerprint density at radius 2 is 2.00 bits per heavy atom. The van der Waals surface area contributed by atoms with Crippen LogP contribution in [-0.4, -0.2) is 18.6 Å². The van der Waals surface area contributed by atoms with Crippen molar-refractivity contribution < 1.29 is 21.6 Å². The molecule has 1 N–H and O–H groups in total. The highest BCUT2D eigenvalue weighted by atomic mass is 79.9. The fraction of sp³-hybridized carbons (Fsp3) is 0.111. The SMILES string of the molecule is Cc1nnc(NS(=O)(=O)c2c(F)cc(F)cc2Br)o1. The van der Waals surface area contributed by atoms with Crippen LogP contribution in [-0.2, 0) is 10.0 Å². The second kappa shape index (κ2) is 4.85. The molecule has 0 aliphatic carbocycles. The van der Waals surface area contributed by atoms with Gasteiger partial charge in [0.1, 0.15) is 16.5 Å². The average Bonchev–Trinajstić information content (AvgIpc) is 2.60. The first-order valence-electron chi connectivity index (χ1n) is 4.77. The molecule has 0 fully saturated rings. The quantitative estimate of drug-likeness (QED) is 0.914. The highest BCUT2D eigenvalue weighted by Gasteiger charge is 2.25. The van der Waals surface area contributed by atoms with Crippen molar-refractivity contribution in [3.8, 4) is 0 Å². The van der Waals surface area contributed by atoms with Gasteiger partial charge in [0.05, 0.1) is 0 Å². The molecule has 0 amide bonds. The van der Waals surface area contributed by atoms with E-state index in [9.17, 15) is 17.2 Å². The minimum absolute atomic E-state index is 0.136. The van der Waals surface area contributed by atoms with Crippen LogP contribution in [0.4, 0.5) is 14.8 Å². The Bertz CT molecular complexity index is 709. The Balaban J connectivity index is 2.45. The van der Waals surface area contributed by atoms with Crippen molar-refractivity contribution >= 4 is 32.0 Å². The summed E-state index contributed by atoms with van der Waals surface area (Å²) in [6.45, 7) is 1.46. The Morgan fingerprint density at radius 1 is 1.32 bits per heavy atom. The predicted molar refractivity (Wildman–Crippen MR) is 63.9 cm³/mol. The van der Waals surface area contributed by atoms with Crippen LogP contribution in [0.25, 0.3) is 0 Å². The Kier molecular flexibility index (Phi) is 3.54. The maximum atomic E-state index is 13.6. The summed E-state index contributed by atoms with van der Waals surface area (Å²) in [4.78, 5) is -0.746. The zero-order valence-corrected chi connectivity index (χ0v) is 11.7. The number of nitrogens with zero attached hydrogens (tertiary/aromatic N) is 2. The zero-order chi connectivity index (χ0) is 14.2. The summed E-state index contributed by atoms with van der Waals surface area (Å²) < 4.78 is 56.8. The predicted octanol–water partition coefficient (Wildman–Crippen LogP) is 2.22. The minimum Gasteiger partial charge on any atom is -0.408 e. The van der Waals surface area contributed by atoms with Crippen LogP contribution in [0.2, 0.25) is 0 Å². The van der Waals surface area contributed by atoms with Crippen LogP contribution in [0.15, 0.2) is 25.9 Å². The summed E-state index contributed by atoms with van der Waals surface area (Å²) in [6, 6.07) is 0.878. The van der Waals surface area contributed by atoms with Crippen molar-refractivity contribution in [3.63, 3.8) is 0 Å². The lowest BCUT2D eigenvalue weighted by Crippen LogP contribution is -2.15. The average molecular weight is 354 g/mol. The molecule has 0 unspecified atom stereocenters. The number of halogens is 3. The number of hydrogen-bond donors (Lipinski definition) is 1. The number of anilines is 1. The number of benzene rings is 1. The molecule has 0 aliphatic heterocycles. The molecule has 2 rings (SSSR count).